The molecule has 1 saturated heterocycles. The van der Waals surface area contributed by atoms with Crippen LogP contribution in [0, 0.1) is 6.92 Å². The van der Waals surface area contributed by atoms with Crippen LogP contribution in [0.5, 0.6) is 5.75 Å². The van der Waals surface area contributed by atoms with Crippen LogP contribution in [-0.2, 0) is 4.79 Å². The van der Waals surface area contributed by atoms with E-state index in [0.717, 1.165) is 42.5 Å². The fraction of sp³-hybridized carbons (Fsp3) is 0.381. The zero-order valence-electron chi connectivity index (χ0n) is 16.3. The van der Waals surface area contributed by atoms with Crippen LogP contribution in [-0.4, -0.2) is 50.1 Å². The second-order valence-electron chi connectivity index (χ2n) is 6.97. The van der Waals surface area contributed by atoms with Gasteiger partial charge >= 0.3 is 0 Å². The number of nitrogens with zero attached hydrogens (tertiary/aromatic N) is 2. The normalized spacial score (nSPS) is 16.0. The summed E-state index contributed by atoms with van der Waals surface area (Å²) in [5.74, 6) is 0.498. The second kappa shape index (κ2) is 9.03. The second-order valence-corrected chi connectivity index (χ2v) is 7.81. The highest BCUT2D eigenvalue weighted by atomic mass is 35.5. The third-order valence-corrected chi connectivity index (χ3v) is 5.80. The number of amides is 1. The molecule has 1 N–H and O–H groups in total. The van der Waals surface area contributed by atoms with E-state index in [1.54, 1.807) is 13.2 Å². The smallest absolute Gasteiger partial charge is 0.241 e. The van der Waals surface area contributed by atoms with E-state index in [2.05, 4.69) is 21.2 Å². The molecule has 1 fully saturated rings. The largest absolute Gasteiger partial charge is 0.495 e. The zero-order chi connectivity index (χ0) is 20.3. The number of hydrogen-bond acceptors (Lipinski definition) is 4. The molecule has 1 aliphatic rings. The van der Waals surface area contributed by atoms with Crippen molar-refractivity contribution in [1.82, 2.24) is 4.90 Å². The highest BCUT2D eigenvalue weighted by Gasteiger charge is 2.26. The number of anilines is 2. The Morgan fingerprint density at radius 3 is 2.50 bits per heavy atom. The Kier molecular flexibility index (Phi) is 6.70. The number of hydrogen-bond donors (Lipinski definition) is 1. The number of methoxy groups -OCH3 is 1. The molecular formula is C21H25Cl2N3O2. The predicted octanol–water partition coefficient (Wildman–Crippen LogP) is 4.46. The average molecular weight is 422 g/mol. The minimum Gasteiger partial charge on any atom is -0.495 e. The van der Waals surface area contributed by atoms with E-state index in [1.165, 1.54) is 0 Å². The highest BCUT2D eigenvalue weighted by molar-refractivity contribution is 6.31. The van der Waals surface area contributed by atoms with Gasteiger partial charge in [0.05, 0.1) is 18.8 Å². The molecule has 0 bridgehead atoms. The van der Waals surface area contributed by atoms with Crippen molar-refractivity contribution in [1.29, 1.82) is 0 Å². The maximum absolute atomic E-state index is 12.8. The summed E-state index contributed by atoms with van der Waals surface area (Å²) >= 11 is 12.2. The number of carbonyl (C=O) groups is 1. The number of carbonyl (C=O) groups excluding carboxylic acids is 1. The molecule has 2 aromatic rings. The topological polar surface area (TPSA) is 44.8 Å². The van der Waals surface area contributed by atoms with E-state index in [-0.39, 0.29) is 11.9 Å². The molecule has 1 amide bonds. The van der Waals surface area contributed by atoms with Crippen molar-refractivity contribution >= 4 is 40.5 Å². The Labute approximate surface area is 176 Å². The summed E-state index contributed by atoms with van der Waals surface area (Å²) in [6.07, 6.45) is 0. The molecule has 1 heterocycles. The van der Waals surface area contributed by atoms with E-state index < -0.39 is 0 Å². The average Bonchev–Trinajstić information content (AvgIpc) is 2.70. The molecule has 0 saturated carbocycles. The van der Waals surface area contributed by atoms with Crippen molar-refractivity contribution in [2.75, 3.05) is 43.5 Å². The van der Waals surface area contributed by atoms with Gasteiger partial charge in [-0.25, -0.2) is 0 Å². The quantitative estimate of drug-likeness (QED) is 0.773. The van der Waals surface area contributed by atoms with Crippen molar-refractivity contribution in [2.24, 2.45) is 0 Å². The predicted molar refractivity (Wildman–Crippen MR) is 116 cm³/mol. The lowest BCUT2D eigenvalue weighted by Crippen LogP contribution is -2.52. The summed E-state index contributed by atoms with van der Waals surface area (Å²) in [4.78, 5) is 17.3. The fourth-order valence-electron chi connectivity index (χ4n) is 3.37. The SMILES string of the molecule is COc1cc(Cl)c(C)cc1NC(=O)[C@H](C)N1CCN(c2cccc(Cl)c2)CC1. The van der Waals surface area contributed by atoms with Crippen LogP contribution in [0.2, 0.25) is 10.0 Å². The molecule has 0 aromatic heterocycles. The molecule has 0 aliphatic carbocycles. The molecule has 2 aromatic carbocycles. The molecule has 3 rings (SSSR count). The van der Waals surface area contributed by atoms with Gasteiger partial charge < -0.3 is 15.0 Å². The summed E-state index contributed by atoms with van der Waals surface area (Å²) in [5, 5.41) is 4.33. The third-order valence-electron chi connectivity index (χ3n) is 5.15. The van der Waals surface area contributed by atoms with Gasteiger partial charge in [0.2, 0.25) is 5.91 Å². The van der Waals surface area contributed by atoms with Crippen LogP contribution in [0.3, 0.4) is 0 Å². The lowest BCUT2D eigenvalue weighted by Gasteiger charge is -2.38. The number of rotatable bonds is 5. The van der Waals surface area contributed by atoms with Gasteiger partial charge in [-0.05, 0) is 43.7 Å². The Bertz CT molecular complexity index is 852. The van der Waals surface area contributed by atoms with Crippen LogP contribution < -0.4 is 15.0 Å². The minimum absolute atomic E-state index is 0.0590. The minimum atomic E-state index is -0.248. The summed E-state index contributed by atoms with van der Waals surface area (Å²) in [5.41, 5.74) is 2.64. The highest BCUT2D eigenvalue weighted by Crippen LogP contribution is 2.31. The monoisotopic (exact) mass is 421 g/mol. The lowest BCUT2D eigenvalue weighted by atomic mass is 10.1. The zero-order valence-corrected chi connectivity index (χ0v) is 17.8. The maximum atomic E-state index is 12.8. The molecule has 1 aliphatic heterocycles. The molecule has 7 heteroatoms. The number of aryl methyl sites for hydroxylation is 1. The van der Waals surface area contributed by atoms with Crippen molar-refractivity contribution < 1.29 is 9.53 Å². The lowest BCUT2D eigenvalue weighted by molar-refractivity contribution is -0.120. The first-order valence-electron chi connectivity index (χ1n) is 9.28. The van der Waals surface area contributed by atoms with Gasteiger partial charge in [0.25, 0.3) is 0 Å². The van der Waals surface area contributed by atoms with E-state index in [1.807, 2.05) is 38.1 Å². The van der Waals surface area contributed by atoms with Gasteiger partial charge in [0, 0.05) is 48.0 Å². The van der Waals surface area contributed by atoms with Gasteiger partial charge in [0.1, 0.15) is 5.75 Å². The van der Waals surface area contributed by atoms with Gasteiger partial charge in [-0.3, -0.25) is 9.69 Å². The maximum Gasteiger partial charge on any atom is 0.241 e. The van der Waals surface area contributed by atoms with E-state index in [0.29, 0.717) is 16.5 Å². The third kappa shape index (κ3) is 4.72. The summed E-state index contributed by atoms with van der Waals surface area (Å²) in [6.45, 7) is 7.13. The van der Waals surface area contributed by atoms with Crippen molar-refractivity contribution in [2.45, 2.75) is 19.9 Å². The van der Waals surface area contributed by atoms with Gasteiger partial charge in [-0.2, -0.15) is 0 Å². The van der Waals surface area contributed by atoms with Crippen LogP contribution in [0.15, 0.2) is 36.4 Å². The molecule has 0 radical (unpaired) electrons. The first-order valence-corrected chi connectivity index (χ1v) is 10.0. The first-order chi connectivity index (χ1) is 13.4. The van der Waals surface area contributed by atoms with Crippen LogP contribution >= 0.6 is 23.2 Å². The Hall–Kier alpha value is -1.95. The van der Waals surface area contributed by atoms with Crippen molar-refractivity contribution in [3.63, 3.8) is 0 Å². The number of halogens is 2. The Morgan fingerprint density at radius 1 is 1.14 bits per heavy atom. The molecule has 150 valence electrons. The number of piperazine rings is 1. The van der Waals surface area contributed by atoms with Gasteiger partial charge in [0.15, 0.2) is 0 Å². The van der Waals surface area contributed by atoms with E-state index >= 15 is 0 Å². The first kappa shape index (κ1) is 20.8. The molecule has 28 heavy (non-hydrogen) atoms. The Morgan fingerprint density at radius 2 is 1.86 bits per heavy atom. The van der Waals surface area contributed by atoms with Crippen LogP contribution in [0.1, 0.15) is 12.5 Å². The van der Waals surface area contributed by atoms with Crippen molar-refractivity contribution in [3.8, 4) is 5.75 Å². The number of nitrogens with one attached hydrogen (secondary N) is 1. The standard InChI is InChI=1S/C21H25Cl2N3O2/c1-14-11-19(20(28-3)13-18(14)23)24-21(27)15(2)25-7-9-26(10-8-25)17-6-4-5-16(22)12-17/h4-6,11-13,15H,7-10H2,1-3H3,(H,24,27)/t15-/m0/s1. The van der Waals surface area contributed by atoms with Crippen LogP contribution in [0.25, 0.3) is 0 Å². The van der Waals surface area contributed by atoms with Crippen LogP contribution in [0.4, 0.5) is 11.4 Å². The fourth-order valence-corrected chi connectivity index (χ4v) is 3.71. The molecule has 0 unspecified atom stereocenters. The van der Waals surface area contributed by atoms with Crippen molar-refractivity contribution in [3.05, 3.63) is 52.0 Å². The molecule has 1 atom stereocenters. The molecular weight excluding hydrogens is 397 g/mol. The summed E-state index contributed by atoms with van der Waals surface area (Å²) < 4.78 is 5.35. The van der Waals surface area contributed by atoms with Gasteiger partial charge in [-0.15, -0.1) is 0 Å². The summed E-state index contributed by atoms with van der Waals surface area (Å²) in [7, 11) is 1.56. The summed E-state index contributed by atoms with van der Waals surface area (Å²) in [6, 6.07) is 11.2. The molecule has 5 nitrogen and oxygen atoms in total. The number of ether oxygens (including phenoxy) is 1. The van der Waals surface area contributed by atoms with Gasteiger partial charge in [-0.1, -0.05) is 29.3 Å². The Balaban J connectivity index is 1.61. The van der Waals surface area contributed by atoms with E-state index in [9.17, 15) is 4.79 Å². The molecule has 0 spiro atoms. The van der Waals surface area contributed by atoms with E-state index in [4.69, 9.17) is 27.9 Å². The number of benzene rings is 2.